The number of nitrogens with zero attached hydrogens (tertiary/aromatic N) is 2. The molecule has 0 unspecified atom stereocenters. The monoisotopic (exact) mass is 328 g/mol. The molecule has 8 heteroatoms. The van der Waals surface area contributed by atoms with Gasteiger partial charge in [0.2, 0.25) is 11.8 Å². The lowest BCUT2D eigenvalue weighted by atomic mass is 10.2. The number of hydrogen-bond donors (Lipinski definition) is 3. The van der Waals surface area contributed by atoms with Crippen LogP contribution in [-0.4, -0.2) is 33.9 Å². The van der Waals surface area contributed by atoms with E-state index in [-0.39, 0.29) is 24.2 Å². The zero-order valence-electron chi connectivity index (χ0n) is 12.9. The average Bonchev–Trinajstić information content (AvgIpc) is 2.57. The van der Waals surface area contributed by atoms with Crippen molar-refractivity contribution in [3.63, 3.8) is 0 Å². The van der Waals surface area contributed by atoms with Crippen molar-refractivity contribution in [1.82, 2.24) is 15.3 Å². The van der Waals surface area contributed by atoms with Gasteiger partial charge in [0.05, 0.1) is 12.6 Å². The van der Waals surface area contributed by atoms with Crippen LogP contribution < -0.4 is 15.8 Å². The summed E-state index contributed by atoms with van der Waals surface area (Å²) in [5.41, 5.74) is 0.488. The van der Waals surface area contributed by atoms with Crippen molar-refractivity contribution in [3.05, 3.63) is 64.7 Å². The molecule has 8 nitrogen and oxygen atoms in total. The van der Waals surface area contributed by atoms with Crippen LogP contribution in [0.1, 0.15) is 16.2 Å². The molecule has 0 aliphatic heterocycles. The summed E-state index contributed by atoms with van der Waals surface area (Å²) in [6.45, 7) is 3.37. The fourth-order valence-corrected chi connectivity index (χ4v) is 1.94. The minimum atomic E-state index is -0.508. The Morgan fingerprint density at radius 2 is 2.04 bits per heavy atom. The largest absolute Gasteiger partial charge is 0.493 e. The topological polar surface area (TPSA) is 115 Å². The van der Waals surface area contributed by atoms with E-state index >= 15 is 0 Å². The summed E-state index contributed by atoms with van der Waals surface area (Å²) in [6.07, 6.45) is 1.20. The molecule has 3 N–H and O–H groups in total. The van der Waals surface area contributed by atoms with Crippen LogP contribution in [-0.2, 0) is 11.3 Å². The Bertz CT molecular complexity index is 827. The molecule has 1 aromatic carbocycles. The third-order valence-electron chi connectivity index (χ3n) is 3.22. The van der Waals surface area contributed by atoms with Crippen LogP contribution in [0.25, 0.3) is 0 Å². The molecule has 0 radical (unpaired) electrons. The van der Waals surface area contributed by atoms with Crippen molar-refractivity contribution in [2.45, 2.75) is 6.54 Å². The minimum Gasteiger partial charge on any atom is -0.493 e. The molecule has 0 bridgehead atoms. The maximum absolute atomic E-state index is 12.1. The van der Waals surface area contributed by atoms with Gasteiger partial charge in [0, 0.05) is 18.3 Å². The highest BCUT2D eigenvalue weighted by Crippen LogP contribution is 2.14. The number of aromatic nitrogens is 2. The van der Waals surface area contributed by atoms with E-state index in [9.17, 15) is 19.5 Å². The van der Waals surface area contributed by atoms with Crippen LogP contribution in [0.4, 0.5) is 5.69 Å². The molecular formula is C16H16N4O4. The molecule has 0 saturated heterocycles. The Hall–Kier alpha value is -3.42. The number of carbonyl (C=O) groups excluding carboxylic acids is 2. The molecule has 1 heterocycles. The van der Waals surface area contributed by atoms with Gasteiger partial charge in [-0.05, 0) is 30.3 Å². The molecule has 0 aliphatic rings. The van der Waals surface area contributed by atoms with E-state index < -0.39 is 11.4 Å². The van der Waals surface area contributed by atoms with Gasteiger partial charge >= 0.3 is 0 Å². The third-order valence-corrected chi connectivity index (χ3v) is 3.22. The Morgan fingerprint density at radius 3 is 2.62 bits per heavy atom. The third kappa shape index (κ3) is 4.07. The van der Waals surface area contributed by atoms with Crippen LogP contribution in [0, 0.1) is 0 Å². The Labute approximate surface area is 137 Å². The van der Waals surface area contributed by atoms with E-state index in [0.29, 0.717) is 11.3 Å². The minimum absolute atomic E-state index is 0.0426. The van der Waals surface area contributed by atoms with Crippen LogP contribution in [0.3, 0.4) is 0 Å². The molecule has 2 rings (SSSR count). The number of H-pyrrole nitrogens is 1. The lowest BCUT2D eigenvalue weighted by Gasteiger charge is -2.15. The van der Waals surface area contributed by atoms with E-state index in [4.69, 9.17) is 0 Å². The van der Waals surface area contributed by atoms with Crippen molar-refractivity contribution >= 4 is 17.5 Å². The summed E-state index contributed by atoms with van der Waals surface area (Å²) in [4.78, 5) is 42.3. The number of benzene rings is 1. The number of anilines is 1. The summed E-state index contributed by atoms with van der Waals surface area (Å²) in [5.74, 6) is -0.917. The second-order valence-electron chi connectivity index (χ2n) is 4.88. The fourth-order valence-electron chi connectivity index (χ4n) is 1.94. The Kier molecular flexibility index (Phi) is 5.10. The number of nitrogens with one attached hydrogen (secondary N) is 2. The lowest BCUT2D eigenvalue weighted by molar-refractivity contribution is -0.113. The average molecular weight is 328 g/mol. The summed E-state index contributed by atoms with van der Waals surface area (Å²) in [5, 5.41) is 11.8. The molecule has 1 aromatic heterocycles. The number of aromatic hydroxyl groups is 1. The zero-order chi connectivity index (χ0) is 17.7. The van der Waals surface area contributed by atoms with Crippen LogP contribution in [0.2, 0.25) is 0 Å². The van der Waals surface area contributed by atoms with E-state index in [1.807, 2.05) is 0 Å². The van der Waals surface area contributed by atoms with Gasteiger partial charge in [0.15, 0.2) is 0 Å². The number of amides is 2. The van der Waals surface area contributed by atoms with Crippen LogP contribution >= 0.6 is 0 Å². The normalized spacial score (nSPS) is 10.0. The molecule has 0 fully saturated rings. The maximum atomic E-state index is 12.1. The molecular weight excluding hydrogens is 312 g/mol. The summed E-state index contributed by atoms with van der Waals surface area (Å²) >= 11 is 0. The molecule has 0 saturated carbocycles. The van der Waals surface area contributed by atoms with E-state index in [1.165, 1.54) is 11.0 Å². The standard InChI is InChI=1S/C16H16N4O4/c1-3-15(23)20(2)11-6-4-10(5-7-11)16(24)17-9-12-18-13(21)8-14(22)19-12/h3-8H,1,9H2,2H3,(H,17,24)(H2,18,19,21,22). The molecule has 2 aromatic rings. The quantitative estimate of drug-likeness (QED) is 0.694. The van der Waals surface area contributed by atoms with Crippen molar-refractivity contribution < 1.29 is 14.7 Å². The molecule has 0 spiro atoms. The van der Waals surface area contributed by atoms with Gasteiger partial charge in [-0.15, -0.1) is 0 Å². The molecule has 2 amide bonds. The van der Waals surface area contributed by atoms with Crippen molar-refractivity contribution in [2.24, 2.45) is 0 Å². The maximum Gasteiger partial charge on any atom is 0.254 e. The first kappa shape index (κ1) is 16.9. The first-order chi connectivity index (χ1) is 11.4. The Morgan fingerprint density at radius 1 is 1.38 bits per heavy atom. The van der Waals surface area contributed by atoms with Crippen molar-refractivity contribution in [3.8, 4) is 5.88 Å². The first-order valence-electron chi connectivity index (χ1n) is 6.98. The van der Waals surface area contributed by atoms with Gasteiger partial charge < -0.3 is 20.3 Å². The fraction of sp³-hybridized carbons (Fsp3) is 0.125. The smallest absolute Gasteiger partial charge is 0.254 e. The van der Waals surface area contributed by atoms with Gasteiger partial charge in [-0.3, -0.25) is 14.4 Å². The van der Waals surface area contributed by atoms with Crippen LogP contribution in [0.15, 0.2) is 47.8 Å². The van der Waals surface area contributed by atoms with E-state index in [2.05, 4.69) is 21.9 Å². The number of rotatable bonds is 5. The first-order valence-corrected chi connectivity index (χ1v) is 6.98. The van der Waals surface area contributed by atoms with Gasteiger partial charge in [-0.1, -0.05) is 6.58 Å². The lowest BCUT2D eigenvalue weighted by Crippen LogP contribution is -2.26. The highest BCUT2D eigenvalue weighted by atomic mass is 16.3. The number of hydrogen-bond acceptors (Lipinski definition) is 5. The second kappa shape index (κ2) is 7.23. The summed E-state index contributed by atoms with van der Waals surface area (Å²) in [6, 6.07) is 7.33. The zero-order valence-corrected chi connectivity index (χ0v) is 12.9. The summed E-state index contributed by atoms with van der Waals surface area (Å²) < 4.78 is 0. The van der Waals surface area contributed by atoms with Gasteiger partial charge in [-0.25, -0.2) is 0 Å². The van der Waals surface area contributed by atoms with E-state index in [0.717, 1.165) is 6.07 Å². The van der Waals surface area contributed by atoms with Gasteiger partial charge in [0.25, 0.3) is 11.5 Å². The Balaban J connectivity index is 2.03. The predicted molar refractivity (Wildman–Crippen MR) is 87.7 cm³/mol. The van der Waals surface area contributed by atoms with Gasteiger partial charge in [-0.2, -0.15) is 4.98 Å². The van der Waals surface area contributed by atoms with Crippen molar-refractivity contribution in [1.29, 1.82) is 0 Å². The van der Waals surface area contributed by atoms with Gasteiger partial charge in [0.1, 0.15) is 5.82 Å². The molecule has 24 heavy (non-hydrogen) atoms. The summed E-state index contributed by atoms with van der Waals surface area (Å²) in [7, 11) is 1.60. The van der Waals surface area contributed by atoms with Crippen LogP contribution in [0.5, 0.6) is 5.88 Å². The molecule has 124 valence electrons. The highest BCUT2D eigenvalue weighted by Gasteiger charge is 2.10. The highest BCUT2D eigenvalue weighted by molar-refractivity contribution is 6.01. The second-order valence-corrected chi connectivity index (χ2v) is 4.88. The molecule has 0 aliphatic carbocycles. The number of aromatic amines is 1. The number of likely N-dealkylation sites (N-methyl/N-ethyl adjacent to an activating group) is 1. The van der Waals surface area contributed by atoms with Crippen molar-refractivity contribution in [2.75, 3.05) is 11.9 Å². The van der Waals surface area contributed by atoms with E-state index in [1.54, 1.807) is 31.3 Å². The number of carbonyl (C=O) groups is 2. The SMILES string of the molecule is C=CC(=O)N(C)c1ccc(C(=O)NCc2nc(O)cc(=O)[nH]2)cc1. The predicted octanol–water partition coefficient (Wildman–Crippen LogP) is 0.554. The molecule has 0 atom stereocenters.